The summed E-state index contributed by atoms with van der Waals surface area (Å²) >= 11 is 0. The molecule has 27 heavy (non-hydrogen) atoms. The molecule has 0 saturated heterocycles. The molecule has 0 bridgehead atoms. The van der Waals surface area contributed by atoms with Crippen LogP contribution in [0.4, 0.5) is 0 Å². The Labute approximate surface area is 156 Å². The molecule has 5 nitrogen and oxygen atoms in total. The average Bonchev–Trinajstić information content (AvgIpc) is 3.16. The number of aldehydes is 1. The van der Waals surface area contributed by atoms with Gasteiger partial charge in [-0.2, -0.15) is 0 Å². The van der Waals surface area contributed by atoms with Crippen LogP contribution in [0.2, 0.25) is 0 Å². The van der Waals surface area contributed by atoms with Gasteiger partial charge in [-0.3, -0.25) is 14.4 Å². The number of ketones is 1. The second-order valence-electron chi connectivity index (χ2n) is 6.46. The molecule has 3 aromatic rings. The first kappa shape index (κ1) is 17.0. The molecule has 2 aromatic carbocycles. The Bertz CT molecular complexity index is 1000. The smallest absolute Gasteiger partial charge is 0.254 e. The van der Waals surface area contributed by atoms with E-state index < -0.39 is 0 Å². The topological polar surface area (TPSA) is 67.6 Å². The number of amides is 1. The fourth-order valence-corrected chi connectivity index (χ4v) is 3.28. The molecule has 0 unspecified atom stereocenters. The molecule has 1 amide bonds. The molecule has 0 spiro atoms. The van der Waals surface area contributed by atoms with Crippen LogP contribution >= 0.6 is 0 Å². The van der Waals surface area contributed by atoms with E-state index >= 15 is 0 Å². The van der Waals surface area contributed by atoms with Crippen LogP contribution in [0, 0.1) is 0 Å². The third-order valence-electron chi connectivity index (χ3n) is 4.73. The quantitative estimate of drug-likeness (QED) is 0.528. The van der Waals surface area contributed by atoms with Crippen LogP contribution in [0.1, 0.15) is 48.2 Å². The first-order valence-electron chi connectivity index (χ1n) is 8.71. The number of benzene rings is 2. The normalized spacial score (nSPS) is 13.1. The summed E-state index contributed by atoms with van der Waals surface area (Å²) in [5.74, 6) is 0.753. The molecule has 1 aliphatic heterocycles. The van der Waals surface area contributed by atoms with Gasteiger partial charge in [-0.05, 0) is 30.2 Å². The van der Waals surface area contributed by atoms with Gasteiger partial charge in [-0.25, -0.2) is 0 Å². The third-order valence-corrected chi connectivity index (χ3v) is 4.73. The summed E-state index contributed by atoms with van der Waals surface area (Å²) in [5, 5.41) is 0. The van der Waals surface area contributed by atoms with Crippen molar-refractivity contribution >= 4 is 18.0 Å². The van der Waals surface area contributed by atoms with E-state index in [0.717, 1.165) is 5.56 Å². The molecule has 0 radical (unpaired) electrons. The van der Waals surface area contributed by atoms with Crippen molar-refractivity contribution in [3.8, 4) is 0 Å². The predicted molar refractivity (Wildman–Crippen MR) is 98.9 cm³/mol. The Morgan fingerprint density at radius 3 is 2.30 bits per heavy atom. The Kier molecular flexibility index (Phi) is 4.42. The summed E-state index contributed by atoms with van der Waals surface area (Å²) in [5.41, 5.74) is 2.65. The maximum atomic E-state index is 12.8. The number of nitrogens with zero attached hydrogens (tertiary/aromatic N) is 1. The summed E-state index contributed by atoms with van der Waals surface area (Å²) in [4.78, 5) is 37.8. The van der Waals surface area contributed by atoms with Gasteiger partial charge in [0.15, 0.2) is 17.8 Å². The predicted octanol–water partition coefficient (Wildman–Crippen LogP) is 3.52. The van der Waals surface area contributed by atoms with E-state index in [9.17, 15) is 14.4 Å². The molecular weight excluding hydrogens is 342 g/mol. The van der Waals surface area contributed by atoms with E-state index in [1.165, 1.54) is 0 Å². The summed E-state index contributed by atoms with van der Waals surface area (Å²) < 4.78 is 5.46. The van der Waals surface area contributed by atoms with Crippen LogP contribution in [0.15, 0.2) is 65.1 Å². The van der Waals surface area contributed by atoms with Crippen LogP contribution in [0.3, 0.4) is 0 Å². The molecule has 0 fully saturated rings. The van der Waals surface area contributed by atoms with E-state index in [4.69, 9.17) is 4.42 Å². The average molecular weight is 359 g/mol. The second kappa shape index (κ2) is 7.03. The van der Waals surface area contributed by atoms with Crippen molar-refractivity contribution in [2.75, 3.05) is 6.54 Å². The number of carbonyl (C=O) groups is 3. The number of fused-ring (bicyclic) bond motifs is 1. The molecule has 4 rings (SSSR count). The number of hydrogen-bond acceptors (Lipinski definition) is 4. The van der Waals surface area contributed by atoms with Gasteiger partial charge in [0.1, 0.15) is 5.76 Å². The Hall–Kier alpha value is -3.47. The summed E-state index contributed by atoms with van der Waals surface area (Å²) in [6, 6.07) is 17.5. The first-order valence-corrected chi connectivity index (χ1v) is 8.71. The van der Waals surface area contributed by atoms with Gasteiger partial charge < -0.3 is 9.32 Å². The molecular formula is C22H17NO4. The zero-order chi connectivity index (χ0) is 18.8. The zero-order valence-electron chi connectivity index (χ0n) is 14.6. The highest BCUT2D eigenvalue weighted by Crippen LogP contribution is 2.23. The molecule has 1 aliphatic rings. The van der Waals surface area contributed by atoms with E-state index in [-0.39, 0.29) is 17.5 Å². The van der Waals surface area contributed by atoms with Crippen LogP contribution in [-0.2, 0) is 13.0 Å². The van der Waals surface area contributed by atoms with Gasteiger partial charge in [0, 0.05) is 23.2 Å². The Morgan fingerprint density at radius 2 is 1.59 bits per heavy atom. The second-order valence-corrected chi connectivity index (χ2v) is 6.46. The van der Waals surface area contributed by atoms with Crippen molar-refractivity contribution in [2.24, 2.45) is 0 Å². The third kappa shape index (κ3) is 3.31. The number of furan rings is 1. The minimum Gasteiger partial charge on any atom is -0.456 e. The van der Waals surface area contributed by atoms with Crippen LogP contribution in [-0.4, -0.2) is 29.4 Å². The van der Waals surface area contributed by atoms with Crippen molar-refractivity contribution in [3.63, 3.8) is 0 Å². The Balaban J connectivity index is 1.50. The van der Waals surface area contributed by atoms with Crippen molar-refractivity contribution in [2.45, 2.75) is 13.0 Å². The van der Waals surface area contributed by atoms with E-state index in [0.29, 0.717) is 48.2 Å². The van der Waals surface area contributed by atoms with Gasteiger partial charge >= 0.3 is 0 Å². The number of hydrogen-bond donors (Lipinski definition) is 0. The lowest BCUT2D eigenvalue weighted by Gasteiger charge is -2.26. The maximum Gasteiger partial charge on any atom is 0.254 e. The van der Waals surface area contributed by atoms with Gasteiger partial charge in [0.25, 0.3) is 5.91 Å². The van der Waals surface area contributed by atoms with E-state index in [2.05, 4.69) is 0 Å². The SMILES string of the molecule is O=Cc1cc2c(o1)CN(C(=O)c1ccc(C(=O)c3ccccc3)cc1)CC2. The minimum atomic E-state index is -0.122. The van der Waals surface area contributed by atoms with E-state index in [1.54, 1.807) is 47.4 Å². The molecule has 134 valence electrons. The summed E-state index contributed by atoms with van der Waals surface area (Å²) in [6.07, 6.45) is 1.33. The highest BCUT2D eigenvalue weighted by Gasteiger charge is 2.25. The fraction of sp³-hybridized carbons (Fsp3) is 0.136. The van der Waals surface area contributed by atoms with Crippen LogP contribution in [0.25, 0.3) is 0 Å². The highest BCUT2D eigenvalue weighted by atomic mass is 16.3. The van der Waals surface area contributed by atoms with Crippen molar-refractivity contribution in [3.05, 3.63) is 94.4 Å². The zero-order valence-corrected chi connectivity index (χ0v) is 14.6. The van der Waals surface area contributed by atoms with E-state index in [1.807, 2.05) is 18.2 Å². The Morgan fingerprint density at radius 1 is 0.926 bits per heavy atom. The molecule has 2 heterocycles. The van der Waals surface area contributed by atoms with Crippen LogP contribution < -0.4 is 0 Å². The number of carbonyl (C=O) groups excluding carboxylic acids is 3. The van der Waals surface area contributed by atoms with Gasteiger partial charge in [0.2, 0.25) is 0 Å². The molecule has 0 N–H and O–H groups in total. The molecule has 0 atom stereocenters. The van der Waals surface area contributed by atoms with Gasteiger partial charge in [-0.1, -0.05) is 42.5 Å². The van der Waals surface area contributed by atoms with Crippen molar-refractivity contribution in [1.29, 1.82) is 0 Å². The summed E-state index contributed by atoms with van der Waals surface area (Å²) in [6.45, 7) is 0.904. The largest absolute Gasteiger partial charge is 0.456 e. The maximum absolute atomic E-state index is 12.8. The monoisotopic (exact) mass is 359 g/mol. The standard InChI is InChI=1S/C22H17NO4/c24-14-19-12-18-10-11-23(13-20(18)27-19)22(26)17-8-6-16(7-9-17)21(25)15-4-2-1-3-5-15/h1-9,12,14H,10-11,13H2. The van der Waals surface area contributed by atoms with Crippen molar-refractivity contribution < 1.29 is 18.8 Å². The van der Waals surface area contributed by atoms with Crippen molar-refractivity contribution in [1.82, 2.24) is 4.90 Å². The molecule has 0 saturated carbocycles. The lowest BCUT2D eigenvalue weighted by atomic mass is 10.0. The molecule has 1 aromatic heterocycles. The molecule has 5 heteroatoms. The summed E-state index contributed by atoms with van der Waals surface area (Å²) in [7, 11) is 0. The fourth-order valence-electron chi connectivity index (χ4n) is 3.28. The number of rotatable bonds is 4. The lowest BCUT2D eigenvalue weighted by Crippen LogP contribution is -2.35. The molecule has 0 aliphatic carbocycles. The lowest BCUT2D eigenvalue weighted by molar-refractivity contribution is 0.0719. The highest BCUT2D eigenvalue weighted by molar-refractivity contribution is 6.09. The minimum absolute atomic E-state index is 0.0748. The van der Waals surface area contributed by atoms with Gasteiger partial charge in [-0.15, -0.1) is 0 Å². The first-order chi connectivity index (χ1) is 13.2. The van der Waals surface area contributed by atoms with Crippen LogP contribution in [0.5, 0.6) is 0 Å². The van der Waals surface area contributed by atoms with Gasteiger partial charge in [0.05, 0.1) is 6.54 Å².